The highest BCUT2D eigenvalue weighted by atomic mass is 16.5. The zero-order valence-corrected chi connectivity index (χ0v) is 11.8. The summed E-state index contributed by atoms with van der Waals surface area (Å²) in [5.74, 6) is 1.50. The van der Waals surface area contributed by atoms with Gasteiger partial charge >= 0.3 is 0 Å². The summed E-state index contributed by atoms with van der Waals surface area (Å²) in [6, 6.07) is 0. The first-order chi connectivity index (χ1) is 9.15. The van der Waals surface area contributed by atoms with Gasteiger partial charge in [-0.15, -0.1) is 0 Å². The molecule has 5 heteroatoms. The van der Waals surface area contributed by atoms with E-state index in [0.717, 1.165) is 24.6 Å². The van der Waals surface area contributed by atoms with Gasteiger partial charge in [0.2, 0.25) is 5.91 Å². The lowest BCUT2D eigenvalue weighted by Gasteiger charge is -2.26. The van der Waals surface area contributed by atoms with E-state index in [1.165, 1.54) is 12.8 Å². The fourth-order valence-corrected chi connectivity index (χ4v) is 2.52. The molecule has 0 aromatic carbocycles. The molecule has 2 rings (SSSR count). The monoisotopic (exact) mass is 265 g/mol. The average Bonchev–Trinajstić information content (AvgIpc) is 2.80. The smallest absolute Gasteiger partial charge is 0.246 e. The molecule has 0 aliphatic heterocycles. The van der Waals surface area contributed by atoms with Gasteiger partial charge < -0.3 is 14.6 Å². The predicted molar refractivity (Wildman–Crippen MR) is 72.4 cm³/mol. The maximum absolute atomic E-state index is 11.7. The Morgan fingerprint density at radius 2 is 2.42 bits per heavy atom. The number of amides is 1. The van der Waals surface area contributed by atoms with E-state index in [1.54, 1.807) is 6.20 Å². The Morgan fingerprint density at radius 3 is 3.11 bits per heavy atom. The second-order valence-electron chi connectivity index (χ2n) is 5.44. The van der Waals surface area contributed by atoms with Crippen LogP contribution in [0.2, 0.25) is 0 Å². The van der Waals surface area contributed by atoms with E-state index in [9.17, 15) is 4.79 Å². The van der Waals surface area contributed by atoms with Crippen molar-refractivity contribution in [2.75, 3.05) is 6.61 Å². The van der Waals surface area contributed by atoms with Crippen LogP contribution in [0.15, 0.2) is 12.4 Å². The first-order valence-corrected chi connectivity index (χ1v) is 6.99. The maximum atomic E-state index is 11.7. The van der Waals surface area contributed by atoms with Crippen LogP contribution in [-0.4, -0.2) is 28.2 Å². The minimum Gasteiger partial charge on any atom is -0.368 e. The minimum atomic E-state index is -0.0683. The zero-order valence-electron chi connectivity index (χ0n) is 11.8. The number of hydrogen-bond donors (Lipinski definition) is 1. The number of imidazole rings is 1. The van der Waals surface area contributed by atoms with Gasteiger partial charge in [-0.05, 0) is 18.8 Å². The molecule has 0 spiro atoms. The SMILES string of the molecule is C[C@@H]1CCC[C@@H](OCC(=O)NCc2nccn2C)C1. The topological polar surface area (TPSA) is 56.1 Å². The molecule has 0 unspecified atom stereocenters. The van der Waals surface area contributed by atoms with Crippen molar-refractivity contribution < 1.29 is 9.53 Å². The van der Waals surface area contributed by atoms with Gasteiger partial charge in [-0.2, -0.15) is 0 Å². The first kappa shape index (κ1) is 14.1. The summed E-state index contributed by atoms with van der Waals surface area (Å²) in [5.41, 5.74) is 0. The van der Waals surface area contributed by atoms with Crippen LogP contribution >= 0.6 is 0 Å². The standard InChI is InChI=1S/C14H23N3O2/c1-11-4-3-5-12(8-11)19-10-14(18)16-9-13-15-6-7-17(13)2/h6-7,11-12H,3-5,8-10H2,1-2H3,(H,16,18)/t11-,12-/m1/s1. The van der Waals surface area contributed by atoms with Gasteiger partial charge in [0.15, 0.2) is 0 Å². The molecule has 1 N–H and O–H groups in total. The summed E-state index contributed by atoms with van der Waals surface area (Å²) in [6.07, 6.45) is 8.49. The molecule has 0 radical (unpaired) electrons. The van der Waals surface area contributed by atoms with E-state index in [0.29, 0.717) is 6.54 Å². The minimum absolute atomic E-state index is 0.0683. The Morgan fingerprint density at radius 1 is 1.58 bits per heavy atom. The predicted octanol–water partition coefficient (Wildman–Crippen LogP) is 1.63. The highest BCUT2D eigenvalue weighted by Gasteiger charge is 2.20. The van der Waals surface area contributed by atoms with Gasteiger partial charge in [-0.1, -0.05) is 19.8 Å². The van der Waals surface area contributed by atoms with E-state index >= 15 is 0 Å². The third-order valence-corrected chi connectivity index (χ3v) is 3.70. The summed E-state index contributed by atoms with van der Waals surface area (Å²) in [6.45, 7) is 2.85. The highest BCUT2D eigenvalue weighted by molar-refractivity contribution is 5.77. The van der Waals surface area contributed by atoms with Gasteiger partial charge in [0.25, 0.3) is 0 Å². The zero-order chi connectivity index (χ0) is 13.7. The van der Waals surface area contributed by atoms with Crippen molar-refractivity contribution >= 4 is 5.91 Å². The van der Waals surface area contributed by atoms with Crippen LogP contribution in [0.1, 0.15) is 38.4 Å². The lowest BCUT2D eigenvalue weighted by Crippen LogP contribution is -2.31. The fraction of sp³-hybridized carbons (Fsp3) is 0.714. The van der Waals surface area contributed by atoms with Crippen molar-refractivity contribution in [3.05, 3.63) is 18.2 Å². The number of nitrogens with zero attached hydrogens (tertiary/aromatic N) is 2. The number of nitrogens with one attached hydrogen (secondary N) is 1. The Hall–Kier alpha value is -1.36. The van der Waals surface area contributed by atoms with E-state index in [-0.39, 0.29) is 18.6 Å². The first-order valence-electron chi connectivity index (χ1n) is 6.99. The number of aryl methyl sites for hydroxylation is 1. The van der Waals surface area contributed by atoms with Crippen LogP contribution in [-0.2, 0) is 23.1 Å². The summed E-state index contributed by atoms with van der Waals surface area (Å²) in [7, 11) is 1.91. The quantitative estimate of drug-likeness (QED) is 0.880. The number of carbonyl (C=O) groups is 1. The van der Waals surface area contributed by atoms with Crippen molar-refractivity contribution in [3.8, 4) is 0 Å². The van der Waals surface area contributed by atoms with Crippen LogP contribution in [0, 0.1) is 5.92 Å². The molecule has 0 bridgehead atoms. The largest absolute Gasteiger partial charge is 0.368 e. The van der Waals surface area contributed by atoms with Gasteiger partial charge in [0.05, 0.1) is 12.6 Å². The number of ether oxygens (including phenoxy) is 1. The summed E-state index contributed by atoms with van der Waals surface area (Å²) >= 11 is 0. The normalized spacial score (nSPS) is 23.3. The molecule has 19 heavy (non-hydrogen) atoms. The van der Waals surface area contributed by atoms with Crippen LogP contribution in [0.4, 0.5) is 0 Å². The lowest BCUT2D eigenvalue weighted by molar-refractivity contribution is -0.128. The summed E-state index contributed by atoms with van der Waals surface area (Å²) < 4.78 is 7.57. The molecule has 1 saturated carbocycles. The third-order valence-electron chi connectivity index (χ3n) is 3.70. The average molecular weight is 265 g/mol. The maximum Gasteiger partial charge on any atom is 0.246 e. The van der Waals surface area contributed by atoms with Gasteiger partial charge in [-0.25, -0.2) is 4.98 Å². The molecular weight excluding hydrogens is 242 g/mol. The number of hydrogen-bond acceptors (Lipinski definition) is 3. The van der Waals surface area contributed by atoms with Crippen molar-refractivity contribution in [3.63, 3.8) is 0 Å². The van der Waals surface area contributed by atoms with Gasteiger partial charge in [0.1, 0.15) is 12.4 Å². The molecule has 1 aromatic heterocycles. The summed E-state index contributed by atoms with van der Waals surface area (Å²) in [4.78, 5) is 15.9. The lowest BCUT2D eigenvalue weighted by atomic mass is 9.89. The Labute approximate surface area is 114 Å². The molecule has 1 aliphatic rings. The van der Waals surface area contributed by atoms with Crippen molar-refractivity contribution in [2.24, 2.45) is 13.0 Å². The molecule has 2 atom stereocenters. The van der Waals surface area contributed by atoms with Crippen LogP contribution in [0.25, 0.3) is 0 Å². The van der Waals surface area contributed by atoms with Crippen molar-refractivity contribution in [1.82, 2.24) is 14.9 Å². The van der Waals surface area contributed by atoms with Crippen LogP contribution in [0.3, 0.4) is 0 Å². The van der Waals surface area contributed by atoms with Crippen LogP contribution in [0.5, 0.6) is 0 Å². The molecule has 5 nitrogen and oxygen atoms in total. The number of aromatic nitrogens is 2. The van der Waals surface area contributed by atoms with Crippen molar-refractivity contribution in [1.29, 1.82) is 0 Å². The van der Waals surface area contributed by atoms with Gasteiger partial charge in [-0.3, -0.25) is 4.79 Å². The molecule has 1 aromatic rings. The van der Waals surface area contributed by atoms with E-state index in [1.807, 2.05) is 17.8 Å². The Balaban J connectivity index is 1.66. The number of rotatable bonds is 5. The second kappa shape index (κ2) is 6.70. The molecule has 1 aliphatic carbocycles. The third kappa shape index (κ3) is 4.35. The van der Waals surface area contributed by atoms with Gasteiger partial charge in [0, 0.05) is 19.4 Å². The number of carbonyl (C=O) groups excluding carboxylic acids is 1. The van der Waals surface area contributed by atoms with Crippen molar-refractivity contribution in [2.45, 2.75) is 45.3 Å². The molecule has 1 fully saturated rings. The highest BCUT2D eigenvalue weighted by Crippen LogP contribution is 2.25. The van der Waals surface area contributed by atoms with E-state index in [4.69, 9.17) is 4.74 Å². The molecular formula is C14H23N3O2. The molecule has 0 saturated heterocycles. The Bertz CT molecular complexity index is 417. The molecule has 1 heterocycles. The second-order valence-corrected chi connectivity index (χ2v) is 5.44. The molecule has 106 valence electrons. The molecule has 1 amide bonds. The fourth-order valence-electron chi connectivity index (χ4n) is 2.52. The van der Waals surface area contributed by atoms with E-state index in [2.05, 4.69) is 17.2 Å². The summed E-state index contributed by atoms with van der Waals surface area (Å²) in [5, 5.41) is 2.83. The Kier molecular flexibility index (Phi) is 4.96. The van der Waals surface area contributed by atoms with E-state index < -0.39 is 0 Å². The van der Waals surface area contributed by atoms with Crippen LogP contribution < -0.4 is 5.32 Å².